The Labute approximate surface area is 111 Å². The van der Waals surface area contributed by atoms with Crippen molar-refractivity contribution < 1.29 is 4.79 Å². The lowest BCUT2D eigenvalue weighted by Crippen LogP contribution is -2.59. The molecule has 0 bridgehead atoms. The van der Waals surface area contributed by atoms with Crippen molar-refractivity contribution in [1.29, 1.82) is 0 Å². The van der Waals surface area contributed by atoms with Crippen molar-refractivity contribution in [3.63, 3.8) is 0 Å². The predicted octanol–water partition coefficient (Wildman–Crippen LogP) is 1.22. The lowest BCUT2D eigenvalue weighted by molar-refractivity contribution is -0.123. The quantitative estimate of drug-likeness (QED) is 0.719. The van der Waals surface area contributed by atoms with Crippen molar-refractivity contribution in [2.45, 2.75) is 51.6 Å². The summed E-state index contributed by atoms with van der Waals surface area (Å²) in [5.41, 5.74) is 0.270. The van der Waals surface area contributed by atoms with E-state index in [9.17, 15) is 4.79 Å². The zero-order valence-corrected chi connectivity index (χ0v) is 12.5. The molecule has 1 rings (SSSR count). The smallest absolute Gasteiger partial charge is 0.236 e. The van der Waals surface area contributed by atoms with Crippen LogP contribution in [0.25, 0.3) is 0 Å². The topological polar surface area (TPSA) is 44.4 Å². The second kappa shape index (κ2) is 6.53. The number of amides is 1. The Bertz CT molecular complexity index is 272. The standard InChI is InChI=1S/C14H29N3O/c1-11(2)9-15-13(18)12(3)16-10-14(17(4)5)7-6-8-14/h11-12,16H,6-10H2,1-5H3,(H,15,18). The van der Waals surface area contributed by atoms with Gasteiger partial charge in [0.2, 0.25) is 5.91 Å². The normalized spacial score (nSPS) is 19.7. The molecule has 0 aliphatic heterocycles. The van der Waals surface area contributed by atoms with Crippen molar-refractivity contribution in [2.75, 3.05) is 27.2 Å². The van der Waals surface area contributed by atoms with Gasteiger partial charge in [-0.05, 0) is 46.2 Å². The van der Waals surface area contributed by atoms with E-state index in [1.807, 2.05) is 6.92 Å². The first kappa shape index (κ1) is 15.4. The number of nitrogens with one attached hydrogen (secondary N) is 2. The fourth-order valence-corrected chi connectivity index (χ4v) is 2.26. The maximum atomic E-state index is 11.9. The Morgan fingerprint density at radius 1 is 1.28 bits per heavy atom. The van der Waals surface area contributed by atoms with E-state index < -0.39 is 0 Å². The van der Waals surface area contributed by atoms with Crippen LogP contribution in [0.4, 0.5) is 0 Å². The number of rotatable bonds is 7. The van der Waals surface area contributed by atoms with E-state index in [4.69, 9.17) is 0 Å². The Morgan fingerprint density at radius 3 is 2.28 bits per heavy atom. The zero-order valence-electron chi connectivity index (χ0n) is 12.5. The number of nitrogens with zero attached hydrogens (tertiary/aromatic N) is 1. The Morgan fingerprint density at radius 2 is 1.89 bits per heavy atom. The van der Waals surface area contributed by atoms with Crippen LogP contribution in [0, 0.1) is 5.92 Å². The number of hydrogen-bond acceptors (Lipinski definition) is 3. The summed E-state index contributed by atoms with van der Waals surface area (Å²) in [4.78, 5) is 14.1. The molecule has 1 unspecified atom stereocenters. The maximum absolute atomic E-state index is 11.9. The molecule has 1 aliphatic rings. The minimum Gasteiger partial charge on any atom is -0.354 e. The van der Waals surface area contributed by atoms with Gasteiger partial charge in [-0.15, -0.1) is 0 Å². The molecule has 2 N–H and O–H groups in total. The van der Waals surface area contributed by atoms with Crippen LogP contribution in [0.15, 0.2) is 0 Å². The molecule has 106 valence electrons. The number of hydrogen-bond donors (Lipinski definition) is 2. The number of likely N-dealkylation sites (N-methyl/N-ethyl adjacent to an activating group) is 1. The maximum Gasteiger partial charge on any atom is 0.236 e. The molecular formula is C14H29N3O. The molecular weight excluding hydrogens is 226 g/mol. The molecule has 1 aliphatic carbocycles. The Hall–Kier alpha value is -0.610. The van der Waals surface area contributed by atoms with Gasteiger partial charge in [0.15, 0.2) is 0 Å². The van der Waals surface area contributed by atoms with E-state index in [0.717, 1.165) is 13.1 Å². The third kappa shape index (κ3) is 3.95. The molecule has 0 radical (unpaired) electrons. The lowest BCUT2D eigenvalue weighted by Gasteiger charge is -2.48. The highest BCUT2D eigenvalue weighted by Crippen LogP contribution is 2.35. The summed E-state index contributed by atoms with van der Waals surface area (Å²) in [7, 11) is 4.26. The molecule has 18 heavy (non-hydrogen) atoms. The molecule has 0 heterocycles. The molecule has 1 amide bonds. The average Bonchev–Trinajstić information content (AvgIpc) is 2.23. The highest BCUT2D eigenvalue weighted by molar-refractivity contribution is 5.81. The van der Waals surface area contributed by atoms with Gasteiger partial charge in [0, 0.05) is 18.6 Å². The molecule has 0 aromatic rings. The summed E-state index contributed by atoms with van der Waals surface area (Å²) in [6.07, 6.45) is 3.76. The lowest BCUT2D eigenvalue weighted by atomic mass is 9.75. The van der Waals surface area contributed by atoms with Crippen LogP contribution in [0.1, 0.15) is 40.0 Å². The second-order valence-electron chi connectivity index (χ2n) is 6.21. The van der Waals surface area contributed by atoms with Crippen molar-refractivity contribution >= 4 is 5.91 Å². The zero-order chi connectivity index (χ0) is 13.8. The van der Waals surface area contributed by atoms with Crippen molar-refractivity contribution in [3.8, 4) is 0 Å². The minimum absolute atomic E-state index is 0.108. The van der Waals surface area contributed by atoms with Crippen LogP contribution >= 0.6 is 0 Å². The molecule has 1 atom stereocenters. The number of carbonyl (C=O) groups excluding carboxylic acids is 1. The van der Waals surface area contributed by atoms with Gasteiger partial charge in [-0.25, -0.2) is 0 Å². The highest BCUT2D eigenvalue weighted by Gasteiger charge is 2.39. The summed E-state index contributed by atoms with van der Waals surface area (Å²) >= 11 is 0. The van der Waals surface area contributed by atoms with Gasteiger partial charge in [0.25, 0.3) is 0 Å². The van der Waals surface area contributed by atoms with Gasteiger partial charge in [0.1, 0.15) is 0 Å². The van der Waals surface area contributed by atoms with E-state index >= 15 is 0 Å². The second-order valence-corrected chi connectivity index (χ2v) is 6.21. The molecule has 0 aromatic carbocycles. The first-order chi connectivity index (χ1) is 8.37. The van der Waals surface area contributed by atoms with Gasteiger partial charge in [0.05, 0.1) is 6.04 Å². The van der Waals surface area contributed by atoms with Crippen LogP contribution in [0.3, 0.4) is 0 Å². The van der Waals surface area contributed by atoms with Gasteiger partial charge in [-0.3, -0.25) is 4.79 Å². The van der Waals surface area contributed by atoms with E-state index in [1.165, 1.54) is 19.3 Å². The van der Waals surface area contributed by atoms with E-state index in [0.29, 0.717) is 5.92 Å². The third-order valence-corrected chi connectivity index (χ3v) is 4.05. The summed E-state index contributed by atoms with van der Waals surface area (Å²) in [5.74, 6) is 0.609. The SMILES string of the molecule is CC(C)CNC(=O)C(C)NCC1(N(C)C)CCC1. The highest BCUT2D eigenvalue weighted by atomic mass is 16.2. The Balaban J connectivity index is 2.31. The van der Waals surface area contributed by atoms with Gasteiger partial charge < -0.3 is 15.5 Å². The van der Waals surface area contributed by atoms with Crippen molar-refractivity contribution in [2.24, 2.45) is 5.92 Å². The van der Waals surface area contributed by atoms with Crippen LogP contribution in [-0.4, -0.2) is 49.6 Å². The summed E-state index contributed by atoms with van der Waals surface area (Å²) < 4.78 is 0. The van der Waals surface area contributed by atoms with E-state index in [1.54, 1.807) is 0 Å². The first-order valence-electron chi connectivity index (χ1n) is 7.06. The van der Waals surface area contributed by atoms with Crippen LogP contribution in [-0.2, 0) is 4.79 Å². The molecule has 1 saturated carbocycles. The molecule has 1 fully saturated rings. The molecule has 0 saturated heterocycles. The monoisotopic (exact) mass is 255 g/mol. The average molecular weight is 255 g/mol. The van der Waals surface area contributed by atoms with Gasteiger partial charge in [-0.1, -0.05) is 13.8 Å². The summed E-state index contributed by atoms with van der Waals surface area (Å²) in [5, 5.41) is 6.34. The fraction of sp³-hybridized carbons (Fsp3) is 0.929. The predicted molar refractivity (Wildman–Crippen MR) is 75.6 cm³/mol. The number of carbonyl (C=O) groups is 1. The largest absolute Gasteiger partial charge is 0.354 e. The first-order valence-corrected chi connectivity index (χ1v) is 7.06. The van der Waals surface area contributed by atoms with Crippen molar-refractivity contribution in [3.05, 3.63) is 0 Å². The van der Waals surface area contributed by atoms with Crippen LogP contribution < -0.4 is 10.6 Å². The molecule has 4 nitrogen and oxygen atoms in total. The molecule has 4 heteroatoms. The third-order valence-electron chi connectivity index (χ3n) is 4.05. The Kier molecular flexibility index (Phi) is 5.60. The summed E-state index contributed by atoms with van der Waals surface area (Å²) in [6, 6.07) is -0.110. The molecule has 0 aromatic heterocycles. The van der Waals surface area contributed by atoms with Crippen molar-refractivity contribution in [1.82, 2.24) is 15.5 Å². The molecule has 0 spiro atoms. The van der Waals surface area contributed by atoms with Gasteiger partial charge in [-0.2, -0.15) is 0 Å². The van der Waals surface area contributed by atoms with Gasteiger partial charge >= 0.3 is 0 Å². The van der Waals surface area contributed by atoms with E-state index in [-0.39, 0.29) is 17.5 Å². The summed E-state index contributed by atoms with van der Waals surface area (Å²) in [6.45, 7) is 7.80. The minimum atomic E-state index is -0.110. The fourth-order valence-electron chi connectivity index (χ4n) is 2.26. The van der Waals surface area contributed by atoms with Crippen LogP contribution in [0.2, 0.25) is 0 Å². The van der Waals surface area contributed by atoms with Crippen LogP contribution in [0.5, 0.6) is 0 Å². The van der Waals surface area contributed by atoms with E-state index in [2.05, 4.69) is 43.5 Å².